The first-order valence-corrected chi connectivity index (χ1v) is 9.03. The van der Waals surface area contributed by atoms with Gasteiger partial charge in [-0.25, -0.2) is 0 Å². The van der Waals surface area contributed by atoms with Gasteiger partial charge >= 0.3 is 0 Å². The Morgan fingerprint density at radius 1 is 0.950 bits per heavy atom. The normalized spacial score (nSPS) is 12.2. The van der Waals surface area contributed by atoms with Gasteiger partial charge in [-0.15, -0.1) is 0 Å². The van der Waals surface area contributed by atoms with Gasteiger partial charge in [0.2, 0.25) is 5.91 Å². The lowest BCUT2D eigenvalue weighted by molar-refractivity contribution is -0.114. The Kier molecular flexibility index (Phi) is 7.34. The molecular formula is C10H19NO7S2. The summed E-state index contributed by atoms with van der Waals surface area (Å²) in [6, 6.07) is 0. The van der Waals surface area contributed by atoms with Crippen LogP contribution in [0.4, 0.5) is 0 Å². The van der Waals surface area contributed by atoms with Gasteiger partial charge in [-0.05, 0) is 32.6 Å². The number of rotatable bonds is 9. The summed E-state index contributed by atoms with van der Waals surface area (Å²) in [4.78, 5) is 11.1. The van der Waals surface area contributed by atoms with Gasteiger partial charge in [0.05, 0.1) is 11.5 Å². The second kappa shape index (κ2) is 7.72. The zero-order valence-electron chi connectivity index (χ0n) is 11.1. The zero-order chi connectivity index (χ0) is 16.0. The fourth-order valence-electron chi connectivity index (χ4n) is 1.61. The Hall–Kier alpha value is -0.970. The fourth-order valence-corrected chi connectivity index (χ4v) is 2.63. The molecule has 0 heterocycles. The summed E-state index contributed by atoms with van der Waals surface area (Å²) in [5.74, 6) is -1.60. The van der Waals surface area contributed by atoms with Gasteiger partial charge in [0.25, 0.3) is 20.2 Å². The average molecular weight is 329 g/mol. The first kappa shape index (κ1) is 19.0. The highest BCUT2D eigenvalue weighted by Crippen LogP contribution is 2.18. The Morgan fingerprint density at radius 3 is 1.55 bits per heavy atom. The van der Waals surface area contributed by atoms with Crippen LogP contribution in [0.5, 0.6) is 0 Å². The molecule has 0 aromatic heterocycles. The van der Waals surface area contributed by atoms with Crippen LogP contribution in [-0.4, -0.2) is 43.4 Å². The van der Waals surface area contributed by atoms with Crippen LogP contribution in [0.1, 0.15) is 32.6 Å². The van der Waals surface area contributed by atoms with Gasteiger partial charge in [-0.1, -0.05) is 5.57 Å². The van der Waals surface area contributed by atoms with Crippen molar-refractivity contribution in [3.63, 3.8) is 0 Å². The van der Waals surface area contributed by atoms with Crippen LogP contribution in [0.2, 0.25) is 0 Å². The number of hydrogen-bond acceptors (Lipinski definition) is 5. The van der Waals surface area contributed by atoms with E-state index in [1.54, 1.807) is 0 Å². The van der Waals surface area contributed by atoms with Crippen molar-refractivity contribution in [2.24, 2.45) is 5.73 Å². The highest BCUT2D eigenvalue weighted by molar-refractivity contribution is 7.86. The molecule has 0 aromatic rings. The van der Waals surface area contributed by atoms with E-state index in [9.17, 15) is 21.6 Å². The predicted molar refractivity (Wildman–Crippen MR) is 73.2 cm³/mol. The van der Waals surface area contributed by atoms with Gasteiger partial charge in [-0.3, -0.25) is 13.9 Å². The number of primary amides is 1. The van der Waals surface area contributed by atoms with Gasteiger partial charge < -0.3 is 5.73 Å². The molecule has 0 saturated heterocycles. The number of carbonyl (C=O) groups excluding carboxylic acids is 1. The van der Waals surface area contributed by atoms with E-state index < -0.39 is 37.6 Å². The first-order valence-electron chi connectivity index (χ1n) is 5.81. The molecule has 1 amide bonds. The summed E-state index contributed by atoms with van der Waals surface area (Å²) in [5.41, 5.74) is 5.87. The molecule has 0 aliphatic heterocycles. The van der Waals surface area contributed by atoms with Crippen molar-refractivity contribution < 1.29 is 30.7 Å². The topological polar surface area (TPSA) is 152 Å². The zero-order valence-corrected chi connectivity index (χ0v) is 12.7. The van der Waals surface area contributed by atoms with E-state index in [1.807, 2.05) is 0 Å². The van der Waals surface area contributed by atoms with Crippen molar-refractivity contribution in [1.82, 2.24) is 0 Å². The Balaban J connectivity index is 4.69. The van der Waals surface area contributed by atoms with E-state index in [4.69, 9.17) is 14.8 Å². The quantitative estimate of drug-likeness (QED) is 0.401. The monoisotopic (exact) mass is 329 g/mol. The van der Waals surface area contributed by atoms with Gasteiger partial charge in [0.1, 0.15) is 0 Å². The number of nitrogens with two attached hydrogens (primary N) is 1. The molecule has 0 aliphatic rings. The molecule has 10 heteroatoms. The largest absolute Gasteiger partial charge is 0.366 e. The van der Waals surface area contributed by atoms with Gasteiger partial charge in [-0.2, -0.15) is 16.8 Å². The minimum Gasteiger partial charge on any atom is -0.366 e. The maximum atomic E-state index is 11.1. The van der Waals surface area contributed by atoms with Crippen LogP contribution in [0.3, 0.4) is 0 Å². The molecule has 0 atom stereocenters. The molecule has 0 radical (unpaired) electrons. The third-order valence-electron chi connectivity index (χ3n) is 2.66. The number of amides is 1. The minimum atomic E-state index is -4.08. The molecule has 0 saturated carbocycles. The molecule has 0 spiro atoms. The molecule has 20 heavy (non-hydrogen) atoms. The molecule has 8 nitrogen and oxygen atoms in total. The summed E-state index contributed by atoms with van der Waals surface area (Å²) in [6.07, 6.45) is 0.565. The summed E-state index contributed by atoms with van der Waals surface area (Å²) in [5, 5.41) is 0. The standard InChI is InChI=1S/C10H19NO7S2/c1-8(10(11)12)9(4-2-6-19(13,14)15)5-3-7-20(16,17)18/h2-7H2,1H3,(H2,11,12)(H,13,14,15)(H,16,17,18). The fraction of sp³-hybridized carbons (Fsp3) is 0.700. The third-order valence-corrected chi connectivity index (χ3v) is 4.27. The van der Waals surface area contributed by atoms with E-state index in [1.165, 1.54) is 6.92 Å². The molecular weight excluding hydrogens is 310 g/mol. The Labute approximate surface area is 118 Å². The van der Waals surface area contributed by atoms with Crippen molar-refractivity contribution in [3.05, 3.63) is 11.1 Å². The second-order valence-corrected chi connectivity index (χ2v) is 7.52. The number of allylic oxidation sites excluding steroid dienone is 1. The van der Waals surface area contributed by atoms with Crippen molar-refractivity contribution in [3.8, 4) is 0 Å². The Morgan fingerprint density at radius 2 is 1.30 bits per heavy atom. The highest BCUT2D eigenvalue weighted by atomic mass is 32.2. The number of hydrogen-bond donors (Lipinski definition) is 3. The van der Waals surface area contributed by atoms with E-state index >= 15 is 0 Å². The maximum absolute atomic E-state index is 11.1. The van der Waals surface area contributed by atoms with Crippen LogP contribution >= 0.6 is 0 Å². The molecule has 0 rings (SSSR count). The molecule has 0 fully saturated rings. The lowest BCUT2D eigenvalue weighted by Gasteiger charge is -2.10. The van der Waals surface area contributed by atoms with E-state index in [-0.39, 0.29) is 31.3 Å². The van der Waals surface area contributed by atoms with E-state index in [2.05, 4.69) is 0 Å². The summed E-state index contributed by atoms with van der Waals surface area (Å²) < 4.78 is 59.6. The predicted octanol–water partition coefficient (Wildman–Crippen LogP) is 0.124. The van der Waals surface area contributed by atoms with Crippen molar-refractivity contribution in [1.29, 1.82) is 0 Å². The maximum Gasteiger partial charge on any atom is 0.264 e. The summed E-state index contributed by atoms with van der Waals surface area (Å²) in [6.45, 7) is 1.46. The van der Waals surface area contributed by atoms with Gasteiger partial charge in [0, 0.05) is 5.57 Å². The Bertz CT molecular complexity index is 535. The van der Waals surface area contributed by atoms with Crippen LogP contribution in [0.25, 0.3) is 0 Å². The molecule has 0 aromatic carbocycles. The number of carbonyl (C=O) groups is 1. The first-order chi connectivity index (χ1) is 8.92. The van der Waals surface area contributed by atoms with Crippen molar-refractivity contribution in [2.75, 3.05) is 11.5 Å². The minimum absolute atomic E-state index is 0.0880. The molecule has 0 unspecified atom stereocenters. The SMILES string of the molecule is CC(C(N)=O)=C(CCCS(=O)(=O)O)CCCS(=O)(=O)O. The summed E-state index contributed by atoms with van der Waals surface area (Å²) in [7, 11) is -8.17. The smallest absolute Gasteiger partial charge is 0.264 e. The van der Waals surface area contributed by atoms with Crippen molar-refractivity contribution >= 4 is 26.1 Å². The van der Waals surface area contributed by atoms with Gasteiger partial charge in [0.15, 0.2) is 0 Å². The highest BCUT2D eigenvalue weighted by Gasteiger charge is 2.12. The molecule has 118 valence electrons. The van der Waals surface area contributed by atoms with Crippen LogP contribution in [0.15, 0.2) is 11.1 Å². The lowest BCUT2D eigenvalue weighted by Crippen LogP contribution is -2.15. The lowest BCUT2D eigenvalue weighted by atomic mass is 10.00. The molecule has 4 N–H and O–H groups in total. The summed E-state index contributed by atoms with van der Waals surface area (Å²) >= 11 is 0. The van der Waals surface area contributed by atoms with E-state index in [0.29, 0.717) is 5.57 Å². The second-order valence-electron chi connectivity index (χ2n) is 4.37. The van der Waals surface area contributed by atoms with E-state index in [0.717, 1.165) is 0 Å². The molecule has 0 aliphatic carbocycles. The third kappa shape index (κ3) is 9.89. The van der Waals surface area contributed by atoms with Crippen LogP contribution < -0.4 is 5.73 Å². The van der Waals surface area contributed by atoms with Crippen molar-refractivity contribution in [2.45, 2.75) is 32.6 Å². The molecule has 0 bridgehead atoms. The van der Waals surface area contributed by atoms with Crippen LogP contribution in [-0.2, 0) is 25.0 Å². The average Bonchev–Trinajstić information content (AvgIpc) is 2.22. The van der Waals surface area contributed by atoms with Crippen LogP contribution in [0, 0.1) is 0 Å².